The quantitative estimate of drug-likeness (QED) is 0.838. The highest BCUT2D eigenvalue weighted by atomic mass is 35.5. The lowest BCUT2D eigenvalue weighted by Crippen LogP contribution is -1.87. The number of rotatable bonds is 1. The highest BCUT2D eigenvalue weighted by Crippen LogP contribution is 2.42. The summed E-state index contributed by atoms with van der Waals surface area (Å²) >= 11 is 13.5. The third-order valence-electron chi connectivity index (χ3n) is 2.49. The Kier molecular flexibility index (Phi) is 3.30. The van der Waals surface area contributed by atoms with Crippen LogP contribution in [0.15, 0.2) is 18.2 Å². The Labute approximate surface area is 113 Å². The molecule has 2 rings (SSSR count). The first-order chi connectivity index (χ1) is 8.06. The summed E-state index contributed by atoms with van der Waals surface area (Å²) in [5, 5.41) is 9.93. The van der Waals surface area contributed by atoms with Crippen molar-refractivity contribution in [3.63, 3.8) is 0 Å². The molecular weight excluding hydrogens is 275 g/mol. The zero-order valence-corrected chi connectivity index (χ0v) is 11.2. The maximum atomic E-state index is 8.95. The van der Waals surface area contributed by atoms with Crippen molar-refractivity contribution in [3.8, 4) is 16.5 Å². The van der Waals surface area contributed by atoms with Crippen molar-refractivity contribution < 1.29 is 0 Å². The highest BCUT2D eigenvalue weighted by Gasteiger charge is 2.16. The first-order valence-corrected chi connectivity index (χ1v) is 6.36. The van der Waals surface area contributed by atoms with Gasteiger partial charge in [0.2, 0.25) is 0 Å². The Bertz CT molecular complexity index is 626. The van der Waals surface area contributed by atoms with Gasteiger partial charge in [-0.25, -0.2) is 0 Å². The molecule has 0 fully saturated rings. The summed E-state index contributed by atoms with van der Waals surface area (Å²) in [6.07, 6.45) is 0. The van der Waals surface area contributed by atoms with E-state index in [2.05, 4.69) is 6.07 Å². The summed E-state index contributed by atoms with van der Waals surface area (Å²) in [7, 11) is 0. The van der Waals surface area contributed by atoms with Crippen molar-refractivity contribution in [3.05, 3.63) is 38.7 Å². The van der Waals surface area contributed by atoms with Gasteiger partial charge in [-0.3, -0.25) is 0 Å². The van der Waals surface area contributed by atoms with Crippen LogP contribution >= 0.6 is 34.5 Å². The number of hydrogen-bond donors (Lipinski definition) is 1. The van der Waals surface area contributed by atoms with Gasteiger partial charge in [-0.05, 0) is 18.6 Å². The van der Waals surface area contributed by atoms with Gasteiger partial charge in [0.05, 0.1) is 15.7 Å². The van der Waals surface area contributed by atoms with Gasteiger partial charge in [-0.2, -0.15) is 5.26 Å². The number of benzene rings is 1. The standard InChI is InChI=1S/C12H8Cl2N2S/c1-6-11(16)9(5-15)17-12(6)7-3-2-4-8(13)10(7)14/h2-4H,16H2,1H3. The molecule has 17 heavy (non-hydrogen) atoms. The van der Waals surface area contributed by atoms with Crippen LogP contribution in [0.1, 0.15) is 10.4 Å². The second kappa shape index (κ2) is 4.58. The third-order valence-corrected chi connectivity index (χ3v) is 4.56. The van der Waals surface area contributed by atoms with Crippen LogP contribution in [-0.4, -0.2) is 0 Å². The van der Waals surface area contributed by atoms with Gasteiger partial charge < -0.3 is 5.73 Å². The number of nitrogens with zero attached hydrogens (tertiary/aromatic N) is 1. The first kappa shape index (κ1) is 12.3. The fourth-order valence-corrected chi connectivity index (χ4v) is 3.05. The van der Waals surface area contributed by atoms with Crippen molar-refractivity contribution in [1.82, 2.24) is 0 Å². The lowest BCUT2D eigenvalue weighted by molar-refractivity contribution is 1.49. The molecule has 0 aliphatic rings. The molecule has 2 nitrogen and oxygen atoms in total. The van der Waals surface area contributed by atoms with Crippen LogP contribution in [0.4, 0.5) is 5.69 Å². The van der Waals surface area contributed by atoms with Crippen LogP contribution in [-0.2, 0) is 0 Å². The van der Waals surface area contributed by atoms with Crippen LogP contribution in [0, 0.1) is 18.3 Å². The minimum absolute atomic E-state index is 0.489. The number of nitrogen functional groups attached to an aromatic ring is 1. The van der Waals surface area contributed by atoms with E-state index in [-0.39, 0.29) is 0 Å². The molecular formula is C12H8Cl2N2S. The Hall–Kier alpha value is -1.21. The third kappa shape index (κ3) is 2.00. The molecule has 5 heteroatoms. The molecule has 0 unspecified atom stereocenters. The minimum atomic E-state index is 0.489. The molecule has 0 aliphatic heterocycles. The van der Waals surface area contributed by atoms with E-state index in [1.54, 1.807) is 6.07 Å². The molecule has 1 aromatic heterocycles. The number of nitriles is 1. The van der Waals surface area contributed by atoms with Gasteiger partial charge in [0, 0.05) is 10.4 Å². The van der Waals surface area contributed by atoms with Gasteiger partial charge >= 0.3 is 0 Å². The summed E-state index contributed by atoms with van der Waals surface area (Å²) in [5.41, 5.74) is 8.05. The van der Waals surface area contributed by atoms with E-state index in [9.17, 15) is 0 Å². The molecule has 0 radical (unpaired) electrons. The number of anilines is 1. The van der Waals surface area contributed by atoms with Crippen molar-refractivity contribution in [2.75, 3.05) is 5.73 Å². The van der Waals surface area contributed by atoms with Gasteiger partial charge in [-0.1, -0.05) is 35.3 Å². The van der Waals surface area contributed by atoms with Gasteiger partial charge in [0.1, 0.15) is 10.9 Å². The second-order valence-corrected chi connectivity index (χ2v) is 5.32. The zero-order chi connectivity index (χ0) is 12.6. The predicted molar refractivity (Wildman–Crippen MR) is 73.6 cm³/mol. The molecule has 0 bridgehead atoms. The maximum absolute atomic E-state index is 8.95. The lowest BCUT2D eigenvalue weighted by atomic mass is 10.1. The van der Waals surface area contributed by atoms with Gasteiger partial charge in [-0.15, -0.1) is 11.3 Å². The molecule has 86 valence electrons. The second-order valence-electron chi connectivity index (χ2n) is 3.51. The number of thiophene rings is 1. The summed E-state index contributed by atoms with van der Waals surface area (Å²) in [4.78, 5) is 1.40. The van der Waals surface area contributed by atoms with Crippen LogP contribution in [0.2, 0.25) is 10.0 Å². The van der Waals surface area contributed by atoms with Crippen LogP contribution in [0.5, 0.6) is 0 Å². The summed E-state index contributed by atoms with van der Waals surface area (Å²) in [5.74, 6) is 0. The molecule has 0 amide bonds. The number of hydrogen-bond acceptors (Lipinski definition) is 3. The molecule has 1 aromatic carbocycles. The van der Waals surface area contributed by atoms with E-state index < -0.39 is 0 Å². The average molecular weight is 283 g/mol. The largest absolute Gasteiger partial charge is 0.397 e. The topological polar surface area (TPSA) is 49.8 Å². The fourth-order valence-electron chi connectivity index (χ4n) is 1.55. The Morgan fingerprint density at radius 2 is 2.06 bits per heavy atom. The normalized spacial score (nSPS) is 10.2. The molecule has 0 spiro atoms. The van der Waals surface area contributed by atoms with E-state index in [1.165, 1.54) is 11.3 Å². The number of halogens is 2. The monoisotopic (exact) mass is 282 g/mol. The Morgan fingerprint density at radius 3 is 2.65 bits per heavy atom. The SMILES string of the molecule is Cc1c(-c2cccc(Cl)c2Cl)sc(C#N)c1N. The average Bonchev–Trinajstić information content (AvgIpc) is 2.60. The fraction of sp³-hybridized carbons (Fsp3) is 0.0833. The maximum Gasteiger partial charge on any atom is 0.128 e. The van der Waals surface area contributed by atoms with E-state index in [1.807, 2.05) is 19.1 Å². The van der Waals surface area contributed by atoms with E-state index >= 15 is 0 Å². The molecule has 0 aliphatic carbocycles. The van der Waals surface area contributed by atoms with Crippen LogP contribution < -0.4 is 5.73 Å². The van der Waals surface area contributed by atoms with E-state index in [0.717, 1.165) is 16.0 Å². The molecule has 2 aromatic rings. The zero-order valence-electron chi connectivity index (χ0n) is 8.92. The Morgan fingerprint density at radius 1 is 1.35 bits per heavy atom. The highest BCUT2D eigenvalue weighted by molar-refractivity contribution is 7.17. The summed E-state index contributed by atoms with van der Waals surface area (Å²) < 4.78 is 0. The van der Waals surface area contributed by atoms with Crippen LogP contribution in [0.3, 0.4) is 0 Å². The molecule has 0 saturated carbocycles. The van der Waals surface area contributed by atoms with Gasteiger partial charge in [0.25, 0.3) is 0 Å². The van der Waals surface area contributed by atoms with Crippen molar-refractivity contribution >= 4 is 40.2 Å². The molecule has 0 atom stereocenters. The molecule has 0 saturated heterocycles. The molecule has 2 N–H and O–H groups in total. The van der Waals surface area contributed by atoms with E-state index in [4.69, 9.17) is 34.2 Å². The van der Waals surface area contributed by atoms with Gasteiger partial charge in [0.15, 0.2) is 0 Å². The summed E-state index contributed by atoms with van der Waals surface area (Å²) in [6.45, 7) is 1.87. The van der Waals surface area contributed by atoms with Crippen molar-refractivity contribution in [1.29, 1.82) is 5.26 Å². The van der Waals surface area contributed by atoms with E-state index in [0.29, 0.717) is 20.6 Å². The minimum Gasteiger partial charge on any atom is -0.397 e. The summed E-state index contributed by atoms with van der Waals surface area (Å²) in [6, 6.07) is 7.50. The number of nitrogens with two attached hydrogens (primary N) is 1. The van der Waals surface area contributed by atoms with Crippen molar-refractivity contribution in [2.45, 2.75) is 6.92 Å². The predicted octanol–water partition coefficient (Wildman–Crippen LogP) is 4.48. The van der Waals surface area contributed by atoms with Crippen molar-refractivity contribution in [2.24, 2.45) is 0 Å². The Balaban J connectivity index is 2.70. The van der Waals surface area contributed by atoms with Crippen LogP contribution in [0.25, 0.3) is 10.4 Å². The smallest absolute Gasteiger partial charge is 0.128 e. The molecule has 1 heterocycles. The lowest BCUT2D eigenvalue weighted by Gasteiger charge is -2.04. The first-order valence-electron chi connectivity index (χ1n) is 4.79.